The highest BCUT2D eigenvalue weighted by Gasteiger charge is 2.34. The van der Waals surface area contributed by atoms with Crippen LogP contribution in [0.25, 0.3) is 0 Å². The lowest BCUT2D eigenvalue weighted by molar-refractivity contribution is -0.140. The molecule has 46 heavy (non-hydrogen) atoms. The molecule has 8 nitrogen and oxygen atoms in total. The summed E-state index contributed by atoms with van der Waals surface area (Å²) >= 11 is 3.51. The van der Waals surface area contributed by atoms with Gasteiger partial charge in [-0.15, -0.1) is 0 Å². The van der Waals surface area contributed by atoms with E-state index in [1.54, 1.807) is 36.4 Å². The van der Waals surface area contributed by atoms with Crippen LogP contribution >= 0.6 is 15.9 Å². The monoisotopic (exact) mass is 705 g/mol. The summed E-state index contributed by atoms with van der Waals surface area (Å²) in [5, 5.41) is 3.01. The van der Waals surface area contributed by atoms with E-state index in [9.17, 15) is 18.0 Å². The maximum absolute atomic E-state index is 14.5. The maximum Gasteiger partial charge on any atom is 0.264 e. The Morgan fingerprint density at radius 3 is 2.13 bits per heavy atom. The number of nitrogens with zero attached hydrogens (tertiary/aromatic N) is 2. The van der Waals surface area contributed by atoms with Crippen molar-refractivity contribution in [3.63, 3.8) is 0 Å². The zero-order chi connectivity index (χ0) is 33.3. The first-order valence-corrected chi connectivity index (χ1v) is 17.3. The third kappa shape index (κ3) is 9.20. The molecule has 0 radical (unpaired) electrons. The minimum atomic E-state index is -4.19. The number of halogens is 1. The number of methoxy groups -OCH3 is 1. The third-order valence-corrected chi connectivity index (χ3v) is 9.73. The Labute approximate surface area is 280 Å². The van der Waals surface area contributed by atoms with Crippen LogP contribution in [0.4, 0.5) is 5.69 Å². The van der Waals surface area contributed by atoms with Crippen LogP contribution in [0.2, 0.25) is 0 Å². The van der Waals surface area contributed by atoms with Crippen molar-refractivity contribution in [1.29, 1.82) is 0 Å². The van der Waals surface area contributed by atoms with E-state index in [0.717, 1.165) is 25.5 Å². The van der Waals surface area contributed by atoms with E-state index in [-0.39, 0.29) is 29.7 Å². The molecule has 1 N–H and O–H groups in total. The van der Waals surface area contributed by atoms with E-state index >= 15 is 0 Å². The Morgan fingerprint density at radius 1 is 0.870 bits per heavy atom. The van der Waals surface area contributed by atoms with Gasteiger partial charge in [0.05, 0.1) is 17.7 Å². The summed E-state index contributed by atoms with van der Waals surface area (Å²) in [6.45, 7) is 5.87. The molecule has 0 aliphatic heterocycles. The largest absolute Gasteiger partial charge is 0.497 e. The Hall–Kier alpha value is -4.15. The summed E-state index contributed by atoms with van der Waals surface area (Å²) in [4.78, 5) is 30.0. The maximum atomic E-state index is 14.5. The second-order valence-corrected chi connectivity index (χ2v) is 14.3. The van der Waals surface area contributed by atoms with Crippen molar-refractivity contribution in [3.8, 4) is 5.75 Å². The lowest BCUT2D eigenvalue weighted by atomic mass is 10.0. The van der Waals surface area contributed by atoms with Gasteiger partial charge in [-0.25, -0.2) is 8.42 Å². The van der Waals surface area contributed by atoms with Crippen molar-refractivity contribution in [2.24, 2.45) is 5.92 Å². The first kappa shape index (κ1) is 34.7. The van der Waals surface area contributed by atoms with E-state index in [0.29, 0.717) is 18.0 Å². The molecule has 242 valence electrons. The second kappa shape index (κ2) is 15.9. The zero-order valence-electron chi connectivity index (χ0n) is 26.5. The summed E-state index contributed by atoms with van der Waals surface area (Å²) in [6, 6.07) is 29.1. The fourth-order valence-corrected chi connectivity index (χ4v) is 6.78. The van der Waals surface area contributed by atoms with Crippen LogP contribution in [0.15, 0.2) is 112 Å². The van der Waals surface area contributed by atoms with Crippen molar-refractivity contribution in [2.45, 2.75) is 44.7 Å². The number of sulfonamides is 1. The molecule has 4 aromatic carbocycles. The number of hydrogen-bond donors (Lipinski definition) is 1. The molecule has 1 atom stereocenters. The van der Waals surface area contributed by atoms with Gasteiger partial charge in [-0.2, -0.15) is 0 Å². The van der Waals surface area contributed by atoms with Crippen molar-refractivity contribution in [2.75, 3.05) is 24.5 Å². The summed E-state index contributed by atoms with van der Waals surface area (Å²) in [5.74, 6) is -0.0880. The van der Waals surface area contributed by atoms with Crippen LogP contribution in [0, 0.1) is 12.8 Å². The first-order valence-electron chi connectivity index (χ1n) is 15.1. The molecule has 4 rings (SSSR count). The zero-order valence-corrected chi connectivity index (χ0v) is 28.9. The smallest absolute Gasteiger partial charge is 0.264 e. The minimum absolute atomic E-state index is 0.0516. The number of aryl methyl sites for hydroxylation is 1. The molecule has 0 fully saturated rings. The molecule has 0 heterocycles. The van der Waals surface area contributed by atoms with E-state index < -0.39 is 28.5 Å². The van der Waals surface area contributed by atoms with E-state index in [2.05, 4.69) is 21.2 Å². The Bertz CT molecular complexity index is 1710. The van der Waals surface area contributed by atoms with E-state index in [1.165, 1.54) is 24.1 Å². The Morgan fingerprint density at radius 2 is 1.52 bits per heavy atom. The molecule has 0 bridgehead atoms. The molecule has 0 spiro atoms. The molecule has 0 aromatic heterocycles. The molecule has 0 saturated heterocycles. The van der Waals surface area contributed by atoms with Gasteiger partial charge >= 0.3 is 0 Å². The van der Waals surface area contributed by atoms with Gasteiger partial charge in [0.1, 0.15) is 18.3 Å². The number of ether oxygens (including phenoxy) is 1. The van der Waals surface area contributed by atoms with Gasteiger partial charge in [-0.05, 0) is 72.5 Å². The van der Waals surface area contributed by atoms with E-state index in [4.69, 9.17) is 4.74 Å². The SMILES string of the molecule is COc1ccc(N(CC(=O)N(Cc2cccc(Br)c2)[C@H](Cc2ccccc2)C(=O)NCC(C)C)S(=O)(=O)c2ccc(C)cc2)cc1. The molecule has 0 aliphatic rings. The predicted octanol–water partition coefficient (Wildman–Crippen LogP) is 6.37. The average molecular weight is 707 g/mol. The highest BCUT2D eigenvalue weighted by molar-refractivity contribution is 9.10. The average Bonchev–Trinajstić information content (AvgIpc) is 3.04. The van der Waals surface area contributed by atoms with Gasteiger partial charge in [0.25, 0.3) is 10.0 Å². The number of benzene rings is 4. The molecule has 2 amide bonds. The van der Waals surface area contributed by atoms with Crippen LogP contribution in [0.3, 0.4) is 0 Å². The van der Waals surface area contributed by atoms with Crippen LogP contribution in [0.5, 0.6) is 5.75 Å². The van der Waals surface area contributed by atoms with Crippen LogP contribution < -0.4 is 14.4 Å². The summed E-state index contributed by atoms with van der Waals surface area (Å²) in [6.07, 6.45) is 0.248. The first-order chi connectivity index (χ1) is 22.0. The normalized spacial score (nSPS) is 12.0. The van der Waals surface area contributed by atoms with Crippen LogP contribution in [-0.4, -0.2) is 51.4 Å². The lowest BCUT2D eigenvalue weighted by Crippen LogP contribution is -2.53. The molecule has 0 unspecified atom stereocenters. The van der Waals surface area contributed by atoms with Gasteiger partial charge in [0.15, 0.2) is 0 Å². The number of hydrogen-bond acceptors (Lipinski definition) is 5. The highest BCUT2D eigenvalue weighted by atomic mass is 79.9. The summed E-state index contributed by atoms with van der Waals surface area (Å²) in [5.41, 5.74) is 2.86. The molecule has 0 saturated carbocycles. The van der Waals surface area contributed by atoms with Crippen molar-refractivity contribution < 1.29 is 22.7 Å². The lowest BCUT2D eigenvalue weighted by Gasteiger charge is -2.34. The Balaban J connectivity index is 1.80. The fraction of sp³-hybridized carbons (Fsp3) is 0.278. The van der Waals surface area contributed by atoms with Gasteiger partial charge in [0, 0.05) is 24.0 Å². The summed E-state index contributed by atoms with van der Waals surface area (Å²) < 4.78 is 35.5. The number of anilines is 1. The van der Waals surface area contributed by atoms with E-state index in [1.807, 2.05) is 75.4 Å². The number of carbonyl (C=O) groups excluding carboxylic acids is 2. The minimum Gasteiger partial charge on any atom is -0.497 e. The van der Waals surface area contributed by atoms with Crippen LogP contribution in [0.1, 0.15) is 30.5 Å². The van der Waals surface area contributed by atoms with Gasteiger partial charge < -0.3 is 15.0 Å². The Kier molecular flexibility index (Phi) is 12.0. The number of nitrogens with one attached hydrogen (secondary N) is 1. The summed E-state index contributed by atoms with van der Waals surface area (Å²) in [7, 11) is -2.66. The third-order valence-electron chi connectivity index (χ3n) is 7.45. The van der Waals surface area contributed by atoms with Gasteiger partial charge in [0.2, 0.25) is 11.8 Å². The standard InChI is InChI=1S/C36H40BrN3O5S/c1-26(2)23-38-36(42)34(22-28-9-6-5-7-10-28)39(24-29-11-8-12-30(37)21-29)35(41)25-40(31-15-17-32(45-4)18-16-31)46(43,44)33-19-13-27(3)14-20-33/h5-21,26,34H,22-25H2,1-4H3,(H,38,42)/t34-/m1/s1. The van der Waals surface area contributed by atoms with Crippen molar-refractivity contribution in [1.82, 2.24) is 10.2 Å². The van der Waals surface area contributed by atoms with Gasteiger partial charge in [-0.3, -0.25) is 13.9 Å². The topological polar surface area (TPSA) is 96.0 Å². The highest BCUT2D eigenvalue weighted by Crippen LogP contribution is 2.27. The quantitative estimate of drug-likeness (QED) is 0.164. The van der Waals surface area contributed by atoms with Crippen molar-refractivity contribution in [3.05, 3.63) is 124 Å². The number of carbonyl (C=O) groups is 2. The number of rotatable bonds is 14. The van der Waals surface area contributed by atoms with Crippen LogP contribution in [-0.2, 0) is 32.6 Å². The predicted molar refractivity (Wildman–Crippen MR) is 185 cm³/mol. The van der Waals surface area contributed by atoms with Crippen molar-refractivity contribution >= 4 is 43.5 Å². The molecular formula is C36H40BrN3O5S. The fourth-order valence-electron chi connectivity index (χ4n) is 4.92. The molecule has 10 heteroatoms. The molecule has 0 aliphatic carbocycles. The molecular weight excluding hydrogens is 666 g/mol. The van der Waals surface area contributed by atoms with Gasteiger partial charge in [-0.1, -0.05) is 89.9 Å². The molecule has 4 aromatic rings. The second-order valence-electron chi connectivity index (χ2n) is 11.5. The number of amides is 2.